The minimum atomic E-state index is -0.733. The van der Waals surface area contributed by atoms with Crippen LogP contribution in [-0.4, -0.2) is 30.3 Å². The monoisotopic (exact) mass is 407 g/mol. The van der Waals surface area contributed by atoms with Crippen molar-refractivity contribution in [2.24, 2.45) is 0 Å². The van der Waals surface area contributed by atoms with Gasteiger partial charge in [0.25, 0.3) is 17.7 Å². The number of nitrogens with one attached hydrogen (secondary N) is 3. The van der Waals surface area contributed by atoms with Crippen LogP contribution in [0.3, 0.4) is 0 Å². The number of carbonyl (C=O) groups is 4. The Morgan fingerprint density at radius 2 is 1.50 bits per heavy atom. The molecule has 0 saturated heterocycles. The zero-order valence-corrected chi connectivity index (χ0v) is 15.6. The lowest BCUT2D eigenvalue weighted by atomic mass is 10.2. The van der Waals surface area contributed by atoms with E-state index < -0.39 is 30.3 Å². The van der Waals surface area contributed by atoms with E-state index in [4.69, 9.17) is 9.15 Å². The van der Waals surface area contributed by atoms with E-state index in [0.29, 0.717) is 11.3 Å². The van der Waals surface area contributed by atoms with Crippen LogP contribution in [0.5, 0.6) is 0 Å². The molecule has 30 heavy (non-hydrogen) atoms. The number of amides is 3. The molecule has 0 bridgehead atoms. The number of hydrogen-bond donors (Lipinski definition) is 3. The second-order valence-electron chi connectivity index (χ2n) is 5.95. The van der Waals surface area contributed by atoms with Gasteiger partial charge in [-0.3, -0.25) is 25.2 Å². The summed E-state index contributed by atoms with van der Waals surface area (Å²) in [5.41, 5.74) is 5.39. The lowest BCUT2D eigenvalue weighted by Crippen LogP contribution is -2.43. The van der Waals surface area contributed by atoms with Crippen LogP contribution in [0, 0.1) is 0 Å². The van der Waals surface area contributed by atoms with Gasteiger partial charge in [-0.25, -0.2) is 4.79 Å². The van der Waals surface area contributed by atoms with E-state index in [-0.39, 0.29) is 11.3 Å². The molecule has 0 fully saturated rings. The number of rotatable bonds is 6. The molecule has 1 aromatic heterocycles. The standard InChI is InChI=1S/C21H17N3O6/c25-18(23-24-19(26)14-5-2-1-3-6-14)13-30-21(28)15-8-10-16(11-9-15)22-20(27)17-7-4-12-29-17/h1-12H,13H2,(H,22,27)(H,23,25)(H,24,26). The van der Waals surface area contributed by atoms with Crippen LogP contribution in [0.1, 0.15) is 31.3 Å². The van der Waals surface area contributed by atoms with Crippen LogP contribution in [-0.2, 0) is 9.53 Å². The third kappa shape index (κ3) is 5.55. The first-order valence-electron chi connectivity index (χ1n) is 8.79. The van der Waals surface area contributed by atoms with E-state index in [0.717, 1.165) is 0 Å². The van der Waals surface area contributed by atoms with E-state index >= 15 is 0 Å². The minimum absolute atomic E-state index is 0.156. The van der Waals surface area contributed by atoms with Crippen molar-refractivity contribution in [2.75, 3.05) is 11.9 Å². The average molecular weight is 407 g/mol. The summed E-state index contributed by atoms with van der Waals surface area (Å²) in [6.45, 7) is -0.578. The van der Waals surface area contributed by atoms with Gasteiger partial charge in [-0.05, 0) is 48.5 Å². The van der Waals surface area contributed by atoms with E-state index in [2.05, 4.69) is 16.2 Å². The fraction of sp³-hybridized carbons (Fsp3) is 0.0476. The number of ether oxygens (including phenoxy) is 1. The lowest BCUT2D eigenvalue weighted by molar-refractivity contribution is -0.125. The molecule has 0 unspecified atom stereocenters. The van der Waals surface area contributed by atoms with Crippen molar-refractivity contribution < 1.29 is 28.3 Å². The normalized spacial score (nSPS) is 10.0. The summed E-state index contributed by atoms with van der Waals surface area (Å²) in [5, 5.41) is 2.61. The smallest absolute Gasteiger partial charge is 0.338 e. The molecule has 3 N–H and O–H groups in total. The number of esters is 1. The van der Waals surface area contributed by atoms with Crippen molar-refractivity contribution in [1.82, 2.24) is 10.9 Å². The van der Waals surface area contributed by atoms with Crippen LogP contribution in [0.2, 0.25) is 0 Å². The summed E-state index contributed by atoms with van der Waals surface area (Å²) in [6, 6.07) is 17.3. The summed E-state index contributed by atoms with van der Waals surface area (Å²) in [6.07, 6.45) is 1.39. The highest BCUT2D eigenvalue weighted by atomic mass is 16.5. The minimum Gasteiger partial charge on any atom is -0.459 e. The number of hydrogen-bond acceptors (Lipinski definition) is 6. The lowest BCUT2D eigenvalue weighted by Gasteiger charge is -2.08. The highest BCUT2D eigenvalue weighted by Crippen LogP contribution is 2.12. The molecular formula is C21H17N3O6. The summed E-state index contributed by atoms with van der Waals surface area (Å²) in [7, 11) is 0. The van der Waals surface area contributed by atoms with E-state index in [1.165, 1.54) is 36.6 Å². The van der Waals surface area contributed by atoms with Gasteiger partial charge in [0.2, 0.25) is 0 Å². The molecule has 3 amide bonds. The zero-order valence-electron chi connectivity index (χ0n) is 15.6. The van der Waals surface area contributed by atoms with Gasteiger partial charge in [0.05, 0.1) is 11.8 Å². The second kappa shape index (κ2) is 9.69. The second-order valence-corrected chi connectivity index (χ2v) is 5.95. The molecule has 9 heteroatoms. The van der Waals surface area contributed by atoms with Gasteiger partial charge in [0.15, 0.2) is 12.4 Å². The molecule has 0 spiro atoms. The summed E-state index contributed by atoms with van der Waals surface area (Å²) < 4.78 is 9.90. The molecule has 2 aromatic carbocycles. The van der Waals surface area contributed by atoms with Crippen molar-refractivity contribution in [1.29, 1.82) is 0 Å². The van der Waals surface area contributed by atoms with Crippen LogP contribution >= 0.6 is 0 Å². The summed E-state index contributed by atoms with van der Waals surface area (Å²) in [5.74, 6) is -2.20. The maximum absolute atomic E-state index is 12.0. The van der Waals surface area contributed by atoms with Crippen LogP contribution < -0.4 is 16.2 Å². The van der Waals surface area contributed by atoms with Gasteiger partial charge in [-0.2, -0.15) is 0 Å². The number of benzene rings is 2. The molecule has 9 nitrogen and oxygen atoms in total. The van der Waals surface area contributed by atoms with E-state index in [9.17, 15) is 19.2 Å². The van der Waals surface area contributed by atoms with Crippen LogP contribution in [0.25, 0.3) is 0 Å². The highest BCUT2D eigenvalue weighted by molar-refractivity contribution is 6.02. The van der Waals surface area contributed by atoms with Gasteiger partial charge < -0.3 is 14.5 Å². The number of carbonyl (C=O) groups excluding carboxylic acids is 4. The highest BCUT2D eigenvalue weighted by Gasteiger charge is 2.13. The molecule has 3 aromatic rings. The van der Waals surface area contributed by atoms with E-state index in [1.54, 1.807) is 36.4 Å². The fourth-order valence-corrected chi connectivity index (χ4v) is 2.33. The SMILES string of the molecule is O=C(COC(=O)c1ccc(NC(=O)c2ccco2)cc1)NNC(=O)c1ccccc1. The molecule has 0 aliphatic heterocycles. The predicted molar refractivity (Wildman–Crippen MR) is 105 cm³/mol. The first-order valence-corrected chi connectivity index (χ1v) is 8.79. The first-order chi connectivity index (χ1) is 14.5. The predicted octanol–water partition coefficient (Wildman–Crippen LogP) is 2.15. The van der Waals surface area contributed by atoms with Crippen molar-refractivity contribution in [3.63, 3.8) is 0 Å². The Hall–Kier alpha value is -4.40. The Kier molecular flexibility index (Phi) is 6.57. The van der Waals surface area contributed by atoms with Crippen molar-refractivity contribution in [2.45, 2.75) is 0 Å². The number of furan rings is 1. The van der Waals surface area contributed by atoms with Crippen molar-refractivity contribution in [3.8, 4) is 0 Å². The molecule has 0 aliphatic carbocycles. The summed E-state index contributed by atoms with van der Waals surface area (Å²) >= 11 is 0. The Balaban J connectivity index is 1.43. The molecule has 0 saturated carbocycles. The number of hydrazine groups is 1. The quantitative estimate of drug-likeness (QED) is 0.425. The van der Waals surface area contributed by atoms with Gasteiger partial charge in [-0.1, -0.05) is 18.2 Å². The Morgan fingerprint density at radius 3 is 2.17 bits per heavy atom. The largest absolute Gasteiger partial charge is 0.459 e. The molecule has 1 heterocycles. The molecule has 0 radical (unpaired) electrons. The Labute approximate surface area is 171 Å². The molecule has 0 aliphatic rings. The Bertz CT molecular complexity index is 1030. The molecule has 152 valence electrons. The van der Waals surface area contributed by atoms with Crippen molar-refractivity contribution >= 4 is 29.4 Å². The zero-order chi connectivity index (χ0) is 21.3. The first kappa shape index (κ1) is 20.3. The maximum atomic E-state index is 12.0. The van der Waals surface area contributed by atoms with Crippen molar-refractivity contribution in [3.05, 3.63) is 89.9 Å². The number of anilines is 1. The fourth-order valence-electron chi connectivity index (χ4n) is 2.33. The topological polar surface area (TPSA) is 127 Å². The average Bonchev–Trinajstić information content (AvgIpc) is 3.32. The van der Waals surface area contributed by atoms with Gasteiger partial charge in [0.1, 0.15) is 0 Å². The molecule has 0 atom stereocenters. The third-order valence-corrected chi connectivity index (χ3v) is 3.81. The van der Waals surface area contributed by atoms with Crippen LogP contribution in [0.15, 0.2) is 77.4 Å². The summed E-state index contributed by atoms with van der Waals surface area (Å²) in [4.78, 5) is 47.5. The Morgan fingerprint density at radius 1 is 0.767 bits per heavy atom. The van der Waals surface area contributed by atoms with E-state index in [1.807, 2.05) is 0 Å². The molecular weight excluding hydrogens is 390 g/mol. The maximum Gasteiger partial charge on any atom is 0.338 e. The molecule has 3 rings (SSSR count). The third-order valence-electron chi connectivity index (χ3n) is 3.81. The van der Waals surface area contributed by atoms with Gasteiger partial charge in [0, 0.05) is 11.3 Å². The van der Waals surface area contributed by atoms with Crippen LogP contribution in [0.4, 0.5) is 5.69 Å². The van der Waals surface area contributed by atoms with Gasteiger partial charge in [-0.15, -0.1) is 0 Å². The van der Waals surface area contributed by atoms with Gasteiger partial charge >= 0.3 is 5.97 Å².